The van der Waals surface area contributed by atoms with Crippen molar-refractivity contribution in [1.29, 1.82) is 0 Å². The number of methoxy groups -OCH3 is 1. The highest BCUT2D eigenvalue weighted by Gasteiger charge is 2.28. The van der Waals surface area contributed by atoms with Crippen molar-refractivity contribution in [3.8, 4) is 0 Å². The molecule has 162 valence electrons. The molecular weight excluding hydrogens is 400 g/mol. The number of nitrogens with one attached hydrogen (secondary N) is 2. The number of para-hydroxylation sites is 1. The molecule has 0 fully saturated rings. The summed E-state index contributed by atoms with van der Waals surface area (Å²) >= 11 is 0. The minimum Gasteiger partial charge on any atom is -0.377 e. The van der Waals surface area contributed by atoms with E-state index in [1.54, 1.807) is 25.3 Å². The fourth-order valence-electron chi connectivity index (χ4n) is 4.71. The van der Waals surface area contributed by atoms with Gasteiger partial charge in [0.25, 0.3) is 5.91 Å². The number of carbonyl (C=O) groups excluding carboxylic acids is 1. The molecule has 2 N–H and O–H groups in total. The second kappa shape index (κ2) is 7.61. The molecular formula is C27H26N2O3. The lowest BCUT2D eigenvalue weighted by molar-refractivity contribution is 0.0912. The molecule has 1 aliphatic carbocycles. The second-order valence-electron chi connectivity index (χ2n) is 9.02. The molecule has 5 nitrogen and oxygen atoms in total. The van der Waals surface area contributed by atoms with Crippen LogP contribution >= 0.6 is 0 Å². The first kappa shape index (κ1) is 20.5. The number of amides is 1. The number of hydrogen-bond donors (Lipinski definition) is 2. The first-order valence-corrected chi connectivity index (χ1v) is 10.9. The number of aromatic nitrogens is 1. The van der Waals surface area contributed by atoms with Gasteiger partial charge in [-0.2, -0.15) is 0 Å². The van der Waals surface area contributed by atoms with Gasteiger partial charge in [-0.05, 0) is 73.7 Å². The molecule has 1 heterocycles. The Kier molecular flexibility index (Phi) is 4.86. The Labute approximate surface area is 186 Å². The predicted molar refractivity (Wildman–Crippen MR) is 127 cm³/mol. The lowest BCUT2D eigenvalue weighted by Gasteiger charge is -2.28. The fraction of sp³-hybridized carbons (Fsp3) is 0.259. The van der Waals surface area contributed by atoms with Crippen molar-refractivity contribution >= 4 is 27.7 Å². The van der Waals surface area contributed by atoms with E-state index < -0.39 is 5.54 Å². The Morgan fingerprint density at radius 2 is 1.81 bits per heavy atom. The Morgan fingerprint density at radius 3 is 2.62 bits per heavy atom. The molecule has 1 atom stereocenters. The number of fused-ring (bicyclic) bond motifs is 3. The first-order chi connectivity index (χ1) is 15.4. The van der Waals surface area contributed by atoms with Gasteiger partial charge >= 0.3 is 0 Å². The molecule has 0 spiro atoms. The minimum absolute atomic E-state index is 0.0332. The number of rotatable bonds is 4. The third-order valence-electron chi connectivity index (χ3n) is 6.57. The van der Waals surface area contributed by atoms with E-state index in [0.717, 1.165) is 23.9 Å². The molecule has 1 unspecified atom stereocenters. The van der Waals surface area contributed by atoms with Crippen LogP contribution < -0.4 is 10.7 Å². The summed E-state index contributed by atoms with van der Waals surface area (Å²) in [5.41, 5.74) is 4.92. The van der Waals surface area contributed by atoms with Crippen molar-refractivity contribution in [2.45, 2.75) is 38.3 Å². The van der Waals surface area contributed by atoms with Crippen LogP contribution in [0.5, 0.6) is 0 Å². The third kappa shape index (κ3) is 3.39. The number of carbonyl (C=O) groups is 1. The van der Waals surface area contributed by atoms with Gasteiger partial charge in [0.05, 0.1) is 17.2 Å². The zero-order valence-corrected chi connectivity index (χ0v) is 18.5. The van der Waals surface area contributed by atoms with E-state index >= 15 is 0 Å². The van der Waals surface area contributed by atoms with E-state index in [0.29, 0.717) is 21.9 Å². The maximum Gasteiger partial charge on any atom is 0.252 e. The smallest absolute Gasteiger partial charge is 0.252 e. The summed E-state index contributed by atoms with van der Waals surface area (Å²) in [4.78, 5) is 29.2. The predicted octanol–water partition coefficient (Wildman–Crippen LogP) is 4.98. The molecule has 4 aromatic rings. The molecule has 32 heavy (non-hydrogen) atoms. The topological polar surface area (TPSA) is 71.2 Å². The van der Waals surface area contributed by atoms with Gasteiger partial charge in [-0.1, -0.05) is 30.3 Å². The maximum atomic E-state index is 13.1. The van der Waals surface area contributed by atoms with Crippen LogP contribution in [0, 0.1) is 0 Å². The van der Waals surface area contributed by atoms with E-state index in [-0.39, 0.29) is 17.4 Å². The summed E-state index contributed by atoms with van der Waals surface area (Å²) in [6.45, 7) is 4.01. The monoisotopic (exact) mass is 426 g/mol. The Morgan fingerprint density at radius 1 is 1.03 bits per heavy atom. The molecule has 1 aromatic heterocycles. The summed E-state index contributed by atoms with van der Waals surface area (Å²) in [5.74, 6) is -0.179. The third-order valence-corrected chi connectivity index (χ3v) is 6.57. The van der Waals surface area contributed by atoms with Crippen molar-refractivity contribution in [3.05, 3.63) is 93.1 Å². The van der Waals surface area contributed by atoms with Crippen LogP contribution in [0.25, 0.3) is 21.8 Å². The van der Waals surface area contributed by atoms with Crippen molar-refractivity contribution in [2.75, 3.05) is 7.11 Å². The van der Waals surface area contributed by atoms with Gasteiger partial charge in [-0.3, -0.25) is 9.59 Å². The van der Waals surface area contributed by atoms with Gasteiger partial charge in [-0.25, -0.2) is 0 Å². The van der Waals surface area contributed by atoms with Crippen LogP contribution in [-0.2, 0) is 16.7 Å². The van der Waals surface area contributed by atoms with Gasteiger partial charge in [0.1, 0.15) is 0 Å². The molecule has 3 aromatic carbocycles. The molecule has 0 radical (unpaired) electrons. The van der Waals surface area contributed by atoms with Crippen LogP contribution in [0.3, 0.4) is 0 Å². The van der Waals surface area contributed by atoms with Crippen LogP contribution in [-0.4, -0.2) is 18.0 Å². The summed E-state index contributed by atoms with van der Waals surface area (Å²) in [6.07, 6.45) is 2.14. The number of aryl methyl sites for hydroxylation is 1. The van der Waals surface area contributed by atoms with Crippen molar-refractivity contribution in [2.24, 2.45) is 0 Å². The highest BCUT2D eigenvalue weighted by atomic mass is 16.5. The molecule has 0 saturated heterocycles. The van der Waals surface area contributed by atoms with E-state index in [2.05, 4.69) is 28.5 Å². The minimum atomic E-state index is -0.553. The number of hydrogen-bond acceptors (Lipinski definition) is 3. The van der Waals surface area contributed by atoms with E-state index in [4.69, 9.17) is 4.74 Å². The summed E-state index contributed by atoms with van der Waals surface area (Å²) in [6, 6.07) is 19.0. The summed E-state index contributed by atoms with van der Waals surface area (Å²) in [5, 5.41) is 4.38. The highest BCUT2D eigenvalue weighted by Crippen LogP contribution is 2.36. The Hall–Kier alpha value is -3.44. The number of aromatic amines is 1. The van der Waals surface area contributed by atoms with Crippen molar-refractivity contribution in [3.63, 3.8) is 0 Å². The number of pyridine rings is 1. The summed E-state index contributed by atoms with van der Waals surface area (Å²) in [7, 11) is 1.75. The van der Waals surface area contributed by atoms with Gasteiger partial charge in [0, 0.05) is 29.0 Å². The van der Waals surface area contributed by atoms with Crippen LogP contribution in [0.1, 0.15) is 53.4 Å². The second-order valence-corrected chi connectivity index (χ2v) is 9.02. The fourth-order valence-corrected chi connectivity index (χ4v) is 4.71. The number of benzene rings is 3. The van der Waals surface area contributed by atoms with Gasteiger partial charge in [0.15, 0.2) is 5.43 Å². The van der Waals surface area contributed by atoms with Crippen LogP contribution in [0.15, 0.2) is 65.5 Å². The number of H-pyrrole nitrogens is 1. The SMILES string of the molecule is COC1CCc2cc(C(C)(C)NC(=O)c3ccc4c(=O)c5ccccc5[nH]c4c3)ccc21. The zero-order chi connectivity index (χ0) is 22.5. The number of ether oxygens (including phenoxy) is 1. The Balaban J connectivity index is 1.45. The zero-order valence-electron chi connectivity index (χ0n) is 18.5. The van der Waals surface area contributed by atoms with Crippen LogP contribution in [0.2, 0.25) is 0 Å². The Bertz CT molecular complexity index is 1420. The van der Waals surface area contributed by atoms with Crippen molar-refractivity contribution < 1.29 is 9.53 Å². The van der Waals surface area contributed by atoms with Crippen molar-refractivity contribution in [1.82, 2.24) is 10.3 Å². The lowest BCUT2D eigenvalue weighted by Crippen LogP contribution is -2.41. The summed E-state index contributed by atoms with van der Waals surface area (Å²) < 4.78 is 5.56. The molecule has 1 amide bonds. The standard InChI is InChI=1S/C27H26N2O3/c1-27(2,18-10-12-19-16(14-18)9-13-24(19)32-3)29-26(31)17-8-11-21-23(15-17)28-22-7-5-4-6-20(22)25(21)30/h4-8,10-12,14-15,24H,9,13H2,1-3H3,(H,28,30)(H,29,31). The normalized spacial score (nSPS) is 15.8. The molecule has 0 bridgehead atoms. The largest absolute Gasteiger partial charge is 0.377 e. The quantitative estimate of drug-likeness (QED) is 0.452. The van der Waals surface area contributed by atoms with Gasteiger partial charge in [-0.15, -0.1) is 0 Å². The molecule has 5 rings (SSSR count). The molecule has 0 aliphatic heterocycles. The van der Waals surface area contributed by atoms with Gasteiger partial charge in [0.2, 0.25) is 0 Å². The first-order valence-electron chi connectivity index (χ1n) is 10.9. The molecule has 5 heteroatoms. The van der Waals surface area contributed by atoms with E-state index in [1.807, 2.05) is 38.1 Å². The average molecular weight is 427 g/mol. The van der Waals surface area contributed by atoms with Crippen LogP contribution in [0.4, 0.5) is 0 Å². The highest BCUT2D eigenvalue weighted by molar-refractivity contribution is 6.00. The maximum absolute atomic E-state index is 13.1. The van der Waals surface area contributed by atoms with E-state index in [9.17, 15) is 9.59 Å². The molecule has 0 saturated carbocycles. The van der Waals surface area contributed by atoms with Gasteiger partial charge < -0.3 is 15.0 Å². The molecule has 1 aliphatic rings. The van der Waals surface area contributed by atoms with E-state index in [1.165, 1.54) is 11.1 Å². The lowest BCUT2D eigenvalue weighted by atomic mass is 9.91. The average Bonchev–Trinajstić information content (AvgIpc) is 3.21.